The van der Waals surface area contributed by atoms with E-state index < -0.39 is 0 Å². The fourth-order valence-electron chi connectivity index (χ4n) is 0.677. The highest BCUT2D eigenvalue weighted by molar-refractivity contribution is 5.54. The molecule has 0 aliphatic heterocycles. The van der Waals surface area contributed by atoms with E-state index in [1.54, 1.807) is 6.08 Å². The van der Waals surface area contributed by atoms with Gasteiger partial charge in [0.1, 0.15) is 6.29 Å². The number of aldehydes is 1. The molecule has 0 spiro atoms. The summed E-state index contributed by atoms with van der Waals surface area (Å²) in [6, 6.07) is 0. The molecule has 0 heterocycles. The highest BCUT2D eigenvalue weighted by atomic mass is 16.1. The minimum atomic E-state index is 0.169. The average molecular weight is 126 g/mol. The van der Waals surface area contributed by atoms with Crippen molar-refractivity contribution >= 4 is 6.29 Å². The Morgan fingerprint density at radius 3 is 2.22 bits per heavy atom. The van der Waals surface area contributed by atoms with E-state index in [9.17, 15) is 4.79 Å². The zero-order chi connectivity index (χ0) is 7.28. The third-order valence-corrected chi connectivity index (χ3v) is 1.47. The minimum absolute atomic E-state index is 0.169. The molecule has 0 aromatic carbocycles. The van der Waals surface area contributed by atoms with E-state index in [-0.39, 0.29) is 5.92 Å². The van der Waals surface area contributed by atoms with E-state index in [1.807, 2.05) is 13.8 Å². The molecule has 0 saturated carbocycles. The molecule has 1 atom stereocenters. The van der Waals surface area contributed by atoms with Gasteiger partial charge in [-0.05, 0) is 12.3 Å². The van der Waals surface area contributed by atoms with Crippen molar-refractivity contribution in [3.63, 3.8) is 0 Å². The third kappa shape index (κ3) is 3.07. The van der Waals surface area contributed by atoms with Gasteiger partial charge < -0.3 is 4.79 Å². The number of rotatable bonds is 4. The van der Waals surface area contributed by atoms with E-state index in [1.165, 1.54) is 0 Å². The second-order valence-electron chi connectivity index (χ2n) is 2.57. The summed E-state index contributed by atoms with van der Waals surface area (Å²) >= 11 is 0. The van der Waals surface area contributed by atoms with Gasteiger partial charge in [0.2, 0.25) is 0 Å². The molecule has 1 heteroatoms. The lowest BCUT2D eigenvalue weighted by Crippen LogP contribution is -2.08. The van der Waals surface area contributed by atoms with Crippen molar-refractivity contribution in [3.05, 3.63) is 12.7 Å². The molecule has 0 bridgehead atoms. The lowest BCUT2D eigenvalue weighted by molar-refractivity contribution is -0.112. The fourth-order valence-corrected chi connectivity index (χ4v) is 0.677. The van der Waals surface area contributed by atoms with Gasteiger partial charge in [-0.1, -0.05) is 19.9 Å². The van der Waals surface area contributed by atoms with E-state index in [0.717, 1.165) is 12.7 Å². The molecular weight excluding hydrogens is 112 g/mol. The number of hydrogen-bond donors (Lipinski definition) is 0. The van der Waals surface area contributed by atoms with Gasteiger partial charge in [0.05, 0.1) is 0 Å². The summed E-state index contributed by atoms with van der Waals surface area (Å²) in [5.74, 6) is 0.614. The highest BCUT2D eigenvalue weighted by Gasteiger charge is 2.08. The van der Waals surface area contributed by atoms with Crippen molar-refractivity contribution < 1.29 is 4.79 Å². The number of carbonyl (C=O) groups is 1. The first-order valence-electron chi connectivity index (χ1n) is 3.28. The summed E-state index contributed by atoms with van der Waals surface area (Å²) in [7, 11) is 0. The number of allylic oxidation sites excluding steroid dienone is 1. The molecule has 0 saturated heterocycles. The van der Waals surface area contributed by atoms with Crippen LogP contribution in [0.5, 0.6) is 0 Å². The van der Waals surface area contributed by atoms with Gasteiger partial charge in [-0.2, -0.15) is 0 Å². The Morgan fingerprint density at radius 1 is 1.56 bits per heavy atom. The summed E-state index contributed by atoms with van der Waals surface area (Å²) in [4.78, 5) is 10.3. The molecule has 9 heavy (non-hydrogen) atoms. The summed E-state index contributed by atoms with van der Waals surface area (Å²) in [5.41, 5.74) is 0. The van der Waals surface area contributed by atoms with Crippen molar-refractivity contribution in [3.8, 4) is 0 Å². The third-order valence-electron chi connectivity index (χ3n) is 1.47. The van der Waals surface area contributed by atoms with E-state index in [4.69, 9.17) is 0 Å². The zero-order valence-electron chi connectivity index (χ0n) is 6.13. The molecule has 0 amide bonds. The van der Waals surface area contributed by atoms with Crippen molar-refractivity contribution in [2.24, 2.45) is 11.8 Å². The highest BCUT2D eigenvalue weighted by Crippen LogP contribution is 2.11. The van der Waals surface area contributed by atoms with Crippen molar-refractivity contribution in [2.75, 3.05) is 0 Å². The van der Waals surface area contributed by atoms with Crippen LogP contribution in [-0.2, 0) is 4.79 Å². The molecule has 0 aliphatic rings. The lowest BCUT2D eigenvalue weighted by Gasteiger charge is -2.09. The van der Waals surface area contributed by atoms with Crippen LogP contribution in [0.4, 0.5) is 0 Å². The Hall–Kier alpha value is -0.590. The maximum Gasteiger partial charge on any atom is 0.123 e. The Bertz CT molecular complexity index is 94.7. The minimum Gasteiger partial charge on any atom is -0.303 e. The average Bonchev–Trinajstić information content (AvgIpc) is 1.82. The van der Waals surface area contributed by atoms with Crippen molar-refractivity contribution in [2.45, 2.75) is 20.3 Å². The van der Waals surface area contributed by atoms with Gasteiger partial charge in [-0.25, -0.2) is 0 Å². The molecule has 0 aromatic heterocycles. The quantitative estimate of drug-likeness (QED) is 0.416. The van der Waals surface area contributed by atoms with E-state index in [0.29, 0.717) is 5.92 Å². The zero-order valence-corrected chi connectivity index (χ0v) is 6.13. The van der Waals surface area contributed by atoms with Gasteiger partial charge in [0.25, 0.3) is 0 Å². The summed E-state index contributed by atoms with van der Waals surface area (Å²) in [6.07, 6.45) is 3.60. The van der Waals surface area contributed by atoms with Crippen LogP contribution < -0.4 is 0 Å². The van der Waals surface area contributed by atoms with Crippen LogP contribution in [0.3, 0.4) is 0 Å². The number of hydrogen-bond acceptors (Lipinski definition) is 1. The maximum atomic E-state index is 10.3. The maximum absolute atomic E-state index is 10.3. The van der Waals surface area contributed by atoms with Crippen LogP contribution in [0.2, 0.25) is 0 Å². The second kappa shape index (κ2) is 4.30. The molecule has 0 radical (unpaired) electrons. The van der Waals surface area contributed by atoms with Gasteiger partial charge >= 0.3 is 0 Å². The molecule has 0 fully saturated rings. The molecule has 0 unspecified atom stereocenters. The molecule has 0 N–H and O–H groups in total. The lowest BCUT2D eigenvalue weighted by atomic mass is 9.94. The van der Waals surface area contributed by atoms with Gasteiger partial charge in [-0.3, -0.25) is 0 Å². The Balaban J connectivity index is 3.66. The first-order valence-corrected chi connectivity index (χ1v) is 3.28. The normalized spacial score (nSPS) is 13.2. The van der Waals surface area contributed by atoms with Gasteiger partial charge in [0.15, 0.2) is 0 Å². The first-order chi connectivity index (χ1) is 4.22. The topological polar surface area (TPSA) is 17.1 Å². The van der Waals surface area contributed by atoms with Gasteiger partial charge in [0, 0.05) is 5.92 Å². The molecular formula is C8H14O. The first kappa shape index (κ1) is 8.41. The van der Waals surface area contributed by atoms with Crippen molar-refractivity contribution in [1.29, 1.82) is 0 Å². The summed E-state index contributed by atoms with van der Waals surface area (Å²) in [6.45, 7) is 7.66. The Labute approximate surface area is 56.8 Å². The molecule has 52 valence electrons. The van der Waals surface area contributed by atoms with Crippen LogP contribution in [-0.4, -0.2) is 6.29 Å². The van der Waals surface area contributed by atoms with E-state index >= 15 is 0 Å². The summed E-state index contributed by atoms with van der Waals surface area (Å²) < 4.78 is 0. The SMILES string of the molecule is C=CC[C@@H](C=O)C(C)C. The second-order valence-corrected chi connectivity index (χ2v) is 2.57. The smallest absolute Gasteiger partial charge is 0.123 e. The van der Waals surface area contributed by atoms with Crippen LogP contribution >= 0.6 is 0 Å². The predicted octanol–water partition coefficient (Wildman–Crippen LogP) is 2.03. The predicted molar refractivity (Wildman–Crippen MR) is 39.2 cm³/mol. The monoisotopic (exact) mass is 126 g/mol. The number of carbonyl (C=O) groups excluding carboxylic acids is 1. The van der Waals surface area contributed by atoms with Crippen LogP contribution in [0.25, 0.3) is 0 Å². The van der Waals surface area contributed by atoms with Gasteiger partial charge in [-0.15, -0.1) is 6.58 Å². The molecule has 0 aliphatic carbocycles. The van der Waals surface area contributed by atoms with Crippen LogP contribution in [0.1, 0.15) is 20.3 Å². The standard InChI is InChI=1S/C8H14O/c1-4-5-8(6-9)7(2)3/h4,6-8H,1,5H2,2-3H3/t8-/m0/s1. The Morgan fingerprint density at radius 2 is 2.11 bits per heavy atom. The largest absolute Gasteiger partial charge is 0.303 e. The molecule has 0 aromatic rings. The van der Waals surface area contributed by atoms with Crippen molar-refractivity contribution in [1.82, 2.24) is 0 Å². The Kier molecular flexibility index (Phi) is 4.02. The summed E-state index contributed by atoms with van der Waals surface area (Å²) in [5, 5.41) is 0. The molecule has 1 nitrogen and oxygen atoms in total. The van der Waals surface area contributed by atoms with Crippen LogP contribution in [0, 0.1) is 11.8 Å². The molecule has 0 rings (SSSR count). The van der Waals surface area contributed by atoms with E-state index in [2.05, 4.69) is 6.58 Å². The van der Waals surface area contributed by atoms with Crippen LogP contribution in [0.15, 0.2) is 12.7 Å². The fraction of sp³-hybridized carbons (Fsp3) is 0.625.